The Kier molecular flexibility index (Phi) is 4.74. The van der Waals surface area contributed by atoms with Crippen LogP contribution in [0.15, 0.2) is 30.3 Å². The summed E-state index contributed by atoms with van der Waals surface area (Å²) >= 11 is 0. The Labute approximate surface area is 113 Å². The van der Waals surface area contributed by atoms with Crippen LogP contribution in [0.3, 0.4) is 0 Å². The van der Waals surface area contributed by atoms with Crippen LogP contribution in [0.1, 0.15) is 37.3 Å². The molecule has 0 aromatic heterocycles. The molecule has 0 heterocycles. The van der Waals surface area contributed by atoms with Crippen LogP contribution in [-0.4, -0.2) is 17.7 Å². The number of hydrogen-bond acceptors (Lipinski definition) is 3. The van der Waals surface area contributed by atoms with Gasteiger partial charge >= 0.3 is 5.97 Å². The molecule has 0 fully saturated rings. The van der Waals surface area contributed by atoms with Crippen molar-refractivity contribution in [2.24, 2.45) is 5.92 Å². The molecule has 0 saturated heterocycles. The molecule has 0 amide bonds. The van der Waals surface area contributed by atoms with Crippen LogP contribution in [0, 0.1) is 5.92 Å². The van der Waals surface area contributed by atoms with Gasteiger partial charge < -0.3 is 9.84 Å². The molecule has 1 aromatic carbocycles. The van der Waals surface area contributed by atoms with Crippen molar-refractivity contribution >= 4 is 11.5 Å². The van der Waals surface area contributed by atoms with Gasteiger partial charge in [0.1, 0.15) is 0 Å². The van der Waals surface area contributed by atoms with E-state index < -0.39 is 0 Å². The summed E-state index contributed by atoms with van der Waals surface area (Å²) in [6, 6.07) is 7.93. The molecule has 1 aliphatic carbocycles. The van der Waals surface area contributed by atoms with Crippen molar-refractivity contribution in [2.75, 3.05) is 6.61 Å². The van der Waals surface area contributed by atoms with E-state index in [0.29, 0.717) is 6.61 Å². The lowest BCUT2D eigenvalue weighted by atomic mass is 9.86. The number of rotatable bonds is 4. The maximum atomic E-state index is 11.7. The highest BCUT2D eigenvalue weighted by atomic mass is 16.5. The second kappa shape index (κ2) is 6.53. The average Bonchev–Trinajstić information content (AvgIpc) is 2.48. The minimum atomic E-state index is -0.0816. The maximum Gasteiger partial charge on any atom is 0.309 e. The molecule has 19 heavy (non-hydrogen) atoms. The summed E-state index contributed by atoms with van der Waals surface area (Å²) in [4.78, 5) is 11.7. The van der Waals surface area contributed by atoms with Gasteiger partial charge in [0, 0.05) is 0 Å². The second-order valence-electron chi connectivity index (χ2n) is 4.81. The summed E-state index contributed by atoms with van der Waals surface area (Å²) in [7, 11) is 0. The Balaban J connectivity index is 2.05. The Bertz CT molecular complexity index is 477. The van der Waals surface area contributed by atoms with Gasteiger partial charge in [-0.05, 0) is 49.0 Å². The van der Waals surface area contributed by atoms with Gasteiger partial charge in [-0.2, -0.15) is 0 Å². The summed E-state index contributed by atoms with van der Waals surface area (Å²) in [6.45, 7) is 2.35. The van der Waals surface area contributed by atoms with E-state index in [0.717, 1.165) is 30.4 Å². The number of esters is 1. The molecule has 2 rings (SSSR count). The third-order valence-corrected chi connectivity index (χ3v) is 3.51. The molecule has 0 radical (unpaired) electrons. The summed E-state index contributed by atoms with van der Waals surface area (Å²) in [5.41, 5.74) is 3.33. The number of aliphatic hydroxyl groups excluding tert-OH is 1. The first-order chi connectivity index (χ1) is 9.24. The smallest absolute Gasteiger partial charge is 0.309 e. The lowest BCUT2D eigenvalue weighted by Gasteiger charge is -2.20. The first-order valence-electron chi connectivity index (χ1n) is 6.80. The van der Waals surface area contributed by atoms with Gasteiger partial charge in [0.25, 0.3) is 0 Å². The second-order valence-corrected chi connectivity index (χ2v) is 4.81. The third kappa shape index (κ3) is 3.44. The van der Waals surface area contributed by atoms with Crippen LogP contribution in [0.5, 0.6) is 0 Å². The van der Waals surface area contributed by atoms with E-state index in [1.54, 1.807) is 0 Å². The van der Waals surface area contributed by atoms with E-state index in [1.807, 2.05) is 25.1 Å². The number of benzene rings is 1. The fourth-order valence-corrected chi connectivity index (χ4v) is 2.44. The van der Waals surface area contributed by atoms with E-state index >= 15 is 0 Å². The zero-order valence-corrected chi connectivity index (χ0v) is 11.3. The fourth-order valence-electron chi connectivity index (χ4n) is 2.44. The van der Waals surface area contributed by atoms with E-state index in [2.05, 4.69) is 12.1 Å². The number of hydrogen-bond donors (Lipinski definition) is 1. The maximum absolute atomic E-state index is 11.7. The minimum absolute atomic E-state index is 0.00437. The van der Waals surface area contributed by atoms with Crippen molar-refractivity contribution in [2.45, 2.75) is 32.8 Å². The van der Waals surface area contributed by atoms with Crippen molar-refractivity contribution < 1.29 is 14.6 Å². The fraction of sp³-hybridized carbons (Fsp3) is 0.438. The van der Waals surface area contributed by atoms with Gasteiger partial charge in [-0.25, -0.2) is 0 Å². The molecule has 0 spiro atoms. The highest BCUT2D eigenvalue weighted by Crippen LogP contribution is 2.31. The van der Waals surface area contributed by atoms with Crippen molar-refractivity contribution in [1.29, 1.82) is 0 Å². The lowest BCUT2D eigenvalue weighted by molar-refractivity contribution is -0.148. The number of carbonyl (C=O) groups excluding carboxylic acids is 1. The Morgan fingerprint density at radius 1 is 1.47 bits per heavy atom. The normalized spacial score (nSPS) is 18.8. The standard InChI is InChI=1S/C16H20O3/c1-2-19-16(18)14-8-6-13(7-9-14)15-5-3-4-12(10-15)11-17/h3-6,10,14,17H,2,7-9,11H2,1H3. The molecule has 1 aliphatic rings. The minimum Gasteiger partial charge on any atom is -0.466 e. The van der Waals surface area contributed by atoms with Crippen molar-refractivity contribution in [3.05, 3.63) is 41.5 Å². The van der Waals surface area contributed by atoms with E-state index in [1.165, 1.54) is 5.57 Å². The quantitative estimate of drug-likeness (QED) is 0.847. The molecule has 0 aliphatic heterocycles. The van der Waals surface area contributed by atoms with Crippen LogP contribution in [0.25, 0.3) is 5.57 Å². The molecule has 3 heteroatoms. The van der Waals surface area contributed by atoms with E-state index in [-0.39, 0.29) is 18.5 Å². The molecule has 3 nitrogen and oxygen atoms in total. The Morgan fingerprint density at radius 3 is 2.95 bits per heavy atom. The van der Waals surface area contributed by atoms with Gasteiger partial charge in [0.05, 0.1) is 19.1 Å². The zero-order valence-electron chi connectivity index (χ0n) is 11.3. The highest BCUT2D eigenvalue weighted by Gasteiger charge is 2.22. The van der Waals surface area contributed by atoms with Crippen LogP contribution in [0.2, 0.25) is 0 Å². The number of aliphatic hydroxyl groups is 1. The predicted molar refractivity (Wildman–Crippen MR) is 74.3 cm³/mol. The van der Waals surface area contributed by atoms with Crippen LogP contribution in [-0.2, 0) is 16.1 Å². The molecule has 0 saturated carbocycles. The number of ether oxygens (including phenoxy) is 1. The Morgan fingerprint density at radius 2 is 2.32 bits per heavy atom. The lowest BCUT2D eigenvalue weighted by Crippen LogP contribution is -2.19. The van der Waals surface area contributed by atoms with Gasteiger partial charge in [0.15, 0.2) is 0 Å². The summed E-state index contributed by atoms with van der Waals surface area (Å²) < 4.78 is 5.06. The topological polar surface area (TPSA) is 46.5 Å². The summed E-state index contributed by atoms with van der Waals surface area (Å²) in [5, 5.41) is 9.15. The number of carbonyl (C=O) groups is 1. The molecule has 1 N–H and O–H groups in total. The SMILES string of the molecule is CCOC(=O)C1CC=C(c2cccc(CO)c2)CC1. The molecule has 102 valence electrons. The van der Waals surface area contributed by atoms with Crippen molar-refractivity contribution in [1.82, 2.24) is 0 Å². The Hall–Kier alpha value is -1.61. The molecule has 0 bridgehead atoms. The van der Waals surface area contributed by atoms with Crippen LogP contribution < -0.4 is 0 Å². The predicted octanol–water partition coefficient (Wildman–Crippen LogP) is 2.93. The highest BCUT2D eigenvalue weighted by molar-refractivity contribution is 5.75. The summed E-state index contributed by atoms with van der Waals surface area (Å²) in [6.07, 6.45) is 4.60. The van der Waals surface area contributed by atoms with Crippen LogP contribution in [0.4, 0.5) is 0 Å². The third-order valence-electron chi connectivity index (χ3n) is 3.51. The first-order valence-corrected chi connectivity index (χ1v) is 6.80. The van der Waals surface area contributed by atoms with Gasteiger partial charge in [0.2, 0.25) is 0 Å². The van der Waals surface area contributed by atoms with Crippen molar-refractivity contribution in [3.63, 3.8) is 0 Å². The van der Waals surface area contributed by atoms with Gasteiger partial charge in [-0.15, -0.1) is 0 Å². The first kappa shape index (κ1) is 13.8. The van der Waals surface area contributed by atoms with Gasteiger partial charge in [-0.3, -0.25) is 4.79 Å². The molecular formula is C16H20O3. The van der Waals surface area contributed by atoms with Crippen molar-refractivity contribution in [3.8, 4) is 0 Å². The average molecular weight is 260 g/mol. The molecule has 1 atom stereocenters. The summed E-state index contributed by atoms with van der Waals surface area (Å²) in [5.74, 6) is -0.0772. The molecule has 1 unspecified atom stereocenters. The monoisotopic (exact) mass is 260 g/mol. The van der Waals surface area contributed by atoms with E-state index in [4.69, 9.17) is 9.84 Å². The van der Waals surface area contributed by atoms with E-state index in [9.17, 15) is 4.79 Å². The molecule has 1 aromatic rings. The zero-order chi connectivity index (χ0) is 13.7. The number of allylic oxidation sites excluding steroid dienone is 2. The van der Waals surface area contributed by atoms with Gasteiger partial charge in [-0.1, -0.05) is 24.3 Å². The van der Waals surface area contributed by atoms with Crippen LogP contribution >= 0.6 is 0 Å². The molecular weight excluding hydrogens is 240 g/mol. The largest absolute Gasteiger partial charge is 0.466 e.